The summed E-state index contributed by atoms with van der Waals surface area (Å²) < 4.78 is 24.9. The molecule has 0 saturated heterocycles. The number of rotatable bonds is 5. The summed E-state index contributed by atoms with van der Waals surface area (Å²) in [6.07, 6.45) is 0.898. The minimum absolute atomic E-state index is 0.0749. The number of carbonyl (C=O) groups is 1. The lowest BCUT2D eigenvalue weighted by Crippen LogP contribution is -2.32. The van der Waals surface area contributed by atoms with E-state index in [1.165, 1.54) is 31.2 Å². The fourth-order valence-electron chi connectivity index (χ4n) is 2.04. The zero-order valence-electron chi connectivity index (χ0n) is 12.9. The Labute approximate surface area is 141 Å². The van der Waals surface area contributed by atoms with E-state index in [9.17, 15) is 13.2 Å². The van der Waals surface area contributed by atoms with E-state index in [-0.39, 0.29) is 4.90 Å². The van der Waals surface area contributed by atoms with E-state index in [4.69, 9.17) is 11.6 Å². The molecule has 1 N–H and O–H groups in total. The predicted molar refractivity (Wildman–Crippen MR) is 92.5 cm³/mol. The summed E-state index contributed by atoms with van der Waals surface area (Å²) in [6.45, 7) is 3.41. The maximum absolute atomic E-state index is 12.5. The number of sulfone groups is 1. The fraction of sp³-hybridized carbons (Fsp3) is 0.235. The van der Waals surface area contributed by atoms with Gasteiger partial charge in [-0.05, 0) is 55.3 Å². The van der Waals surface area contributed by atoms with Crippen LogP contribution in [0.2, 0.25) is 5.02 Å². The lowest BCUT2D eigenvalue weighted by atomic mass is 10.1. The highest BCUT2D eigenvalue weighted by Crippen LogP contribution is 2.20. The van der Waals surface area contributed by atoms with Gasteiger partial charge in [0.25, 0.3) is 0 Å². The molecule has 0 saturated carbocycles. The highest BCUT2D eigenvalue weighted by Gasteiger charge is 2.29. The Hall–Kier alpha value is -1.85. The third-order valence-corrected chi connectivity index (χ3v) is 5.93. The van der Waals surface area contributed by atoms with Gasteiger partial charge in [-0.3, -0.25) is 4.79 Å². The third-order valence-electron chi connectivity index (χ3n) is 3.61. The van der Waals surface area contributed by atoms with Gasteiger partial charge in [0.1, 0.15) is 5.25 Å². The zero-order valence-corrected chi connectivity index (χ0v) is 14.5. The summed E-state index contributed by atoms with van der Waals surface area (Å²) in [7, 11) is -3.76. The Morgan fingerprint density at radius 1 is 1.09 bits per heavy atom. The van der Waals surface area contributed by atoms with Crippen LogP contribution in [0.1, 0.15) is 19.4 Å². The zero-order chi connectivity index (χ0) is 17.0. The molecule has 2 aromatic carbocycles. The number of carbonyl (C=O) groups excluding carboxylic acids is 1. The van der Waals surface area contributed by atoms with Crippen molar-refractivity contribution < 1.29 is 13.2 Å². The quantitative estimate of drug-likeness (QED) is 0.893. The number of hydrogen-bond donors (Lipinski definition) is 1. The molecule has 2 rings (SSSR count). The number of amides is 1. The number of aryl methyl sites for hydroxylation is 1. The van der Waals surface area contributed by atoms with Gasteiger partial charge in [0.05, 0.1) is 4.90 Å². The molecule has 0 fully saturated rings. The normalized spacial score (nSPS) is 12.7. The van der Waals surface area contributed by atoms with Crippen molar-refractivity contribution in [3.8, 4) is 0 Å². The smallest absolute Gasteiger partial charge is 0.242 e. The minimum Gasteiger partial charge on any atom is -0.325 e. The Morgan fingerprint density at radius 2 is 1.65 bits per heavy atom. The summed E-state index contributed by atoms with van der Waals surface area (Å²) in [4.78, 5) is 12.3. The van der Waals surface area contributed by atoms with Crippen LogP contribution in [0.15, 0.2) is 53.4 Å². The Morgan fingerprint density at radius 3 is 2.17 bits per heavy atom. The molecule has 0 aromatic heterocycles. The molecule has 0 aliphatic carbocycles. The van der Waals surface area contributed by atoms with Crippen LogP contribution in [0.4, 0.5) is 5.69 Å². The molecule has 1 unspecified atom stereocenters. The molecule has 0 aliphatic heterocycles. The SMILES string of the molecule is CCc1ccc(NC(=O)C(C)S(=O)(=O)c2ccc(Cl)cc2)cc1. The van der Waals surface area contributed by atoms with Crippen LogP contribution in [0.5, 0.6) is 0 Å². The average molecular weight is 352 g/mol. The second-order valence-electron chi connectivity index (χ2n) is 5.18. The van der Waals surface area contributed by atoms with Crippen LogP contribution in [-0.2, 0) is 21.1 Å². The molecule has 4 nitrogen and oxygen atoms in total. The highest BCUT2D eigenvalue weighted by atomic mass is 35.5. The van der Waals surface area contributed by atoms with E-state index in [0.717, 1.165) is 12.0 Å². The Balaban J connectivity index is 2.15. The standard InChI is InChI=1S/C17H18ClNO3S/c1-3-13-4-8-15(9-5-13)19-17(20)12(2)23(21,22)16-10-6-14(18)7-11-16/h4-12H,3H2,1-2H3,(H,19,20). The van der Waals surface area contributed by atoms with Gasteiger partial charge in [-0.2, -0.15) is 0 Å². The van der Waals surface area contributed by atoms with Crippen LogP contribution in [0.25, 0.3) is 0 Å². The fourth-order valence-corrected chi connectivity index (χ4v) is 3.43. The summed E-state index contributed by atoms with van der Waals surface area (Å²) in [6, 6.07) is 13.1. The molecule has 2 aromatic rings. The van der Waals surface area contributed by atoms with Crippen molar-refractivity contribution in [2.45, 2.75) is 30.4 Å². The predicted octanol–water partition coefficient (Wildman–Crippen LogP) is 3.70. The molecule has 0 spiro atoms. The molecule has 0 radical (unpaired) electrons. The number of anilines is 1. The van der Waals surface area contributed by atoms with Crippen molar-refractivity contribution in [2.75, 3.05) is 5.32 Å². The van der Waals surface area contributed by atoms with Gasteiger partial charge in [-0.15, -0.1) is 0 Å². The maximum Gasteiger partial charge on any atom is 0.242 e. The first-order valence-corrected chi connectivity index (χ1v) is 9.16. The molecule has 6 heteroatoms. The maximum atomic E-state index is 12.5. The van der Waals surface area contributed by atoms with E-state index in [1.807, 2.05) is 19.1 Å². The van der Waals surface area contributed by atoms with Gasteiger partial charge in [-0.25, -0.2) is 8.42 Å². The topological polar surface area (TPSA) is 63.2 Å². The van der Waals surface area contributed by atoms with Crippen molar-refractivity contribution in [1.82, 2.24) is 0 Å². The van der Waals surface area contributed by atoms with Crippen LogP contribution in [0.3, 0.4) is 0 Å². The van der Waals surface area contributed by atoms with Crippen molar-refractivity contribution >= 4 is 33.0 Å². The average Bonchev–Trinajstić information content (AvgIpc) is 2.55. The Kier molecular flexibility index (Phi) is 5.44. The van der Waals surface area contributed by atoms with Gasteiger partial charge in [0.2, 0.25) is 5.91 Å². The van der Waals surface area contributed by atoms with E-state index >= 15 is 0 Å². The lowest BCUT2D eigenvalue weighted by molar-refractivity contribution is -0.115. The summed E-state index contributed by atoms with van der Waals surface area (Å²) in [5, 5.41) is 1.88. The molecular formula is C17H18ClNO3S. The Bertz CT molecular complexity index is 784. The first-order chi connectivity index (χ1) is 10.8. The van der Waals surface area contributed by atoms with Gasteiger partial charge >= 0.3 is 0 Å². The first-order valence-electron chi connectivity index (χ1n) is 7.24. The van der Waals surface area contributed by atoms with Crippen LogP contribution in [0, 0.1) is 0 Å². The van der Waals surface area contributed by atoms with Gasteiger partial charge in [0.15, 0.2) is 9.84 Å². The second-order valence-corrected chi connectivity index (χ2v) is 7.89. The molecule has 0 bridgehead atoms. The van der Waals surface area contributed by atoms with Crippen LogP contribution >= 0.6 is 11.6 Å². The van der Waals surface area contributed by atoms with Crippen LogP contribution in [-0.4, -0.2) is 19.6 Å². The van der Waals surface area contributed by atoms with Crippen molar-refractivity contribution in [3.63, 3.8) is 0 Å². The monoisotopic (exact) mass is 351 g/mol. The van der Waals surface area contributed by atoms with Crippen molar-refractivity contribution in [3.05, 3.63) is 59.1 Å². The molecule has 1 amide bonds. The molecule has 0 aliphatic rings. The number of halogens is 1. The van der Waals surface area contributed by atoms with Gasteiger partial charge in [-0.1, -0.05) is 30.7 Å². The number of benzene rings is 2. The number of hydrogen-bond acceptors (Lipinski definition) is 3. The summed E-state index contributed by atoms with van der Waals surface area (Å²) in [5.41, 5.74) is 1.72. The largest absolute Gasteiger partial charge is 0.325 e. The number of nitrogens with one attached hydrogen (secondary N) is 1. The van der Waals surface area contributed by atoms with E-state index in [1.54, 1.807) is 12.1 Å². The molecule has 1 atom stereocenters. The van der Waals surface area contributed by atoms with E-state index < -0.39 is 21.0 Å². The van der Waals surface area contributed by atoms with E-state index in [0.29, 0.717) is 10.7 Å². The second kappa shape index (κ2) is 7.15. The van der Waals surface area contributed by atoms with Gasteiger partial charge in [0, 0.05) is 10.7 Å². The minimum atomic E-state index is -3.76. The molecule has 0 heterocycles. The van der Waals surface area contributed by atoms with Crippen molar-refractivity contribution in [2.24, 2.45) is 0 Å². The molecule has 122 valence electrons. The van der Waals surface area contributed by atoms with E-state index in [2.05, 4.69) is 5.32 Å². The summed E-state index contributed by atoms with van der Waals surface area (Å²) >= 11 is 5.76. The highest BCUT2D eigenvalue weighted by molar-refractivity contribution is 7.92. The molecule has 23 heavy (non-hydrogen) atoms. The van der Waals surface area contributed by atoms with Crippen molar-refractivity contribution in [1.29, 1.82) is 0 Å². The lowest BCUT2D eigenvalue weighted by Gasteiger charge is -2.14. The van der Waals surface area contributed by atoms with Crippen LogP contribution < -0.4 is 5.32 Å². The van der Waals surface area contributed by atoms with Gasteiger partial charge < -0.3 is 5.32 Å². The summed E-state index contributed by atoms with van der Waals surface area (Å²) in [5.74, 6) is -0.566. The molecular weight excluding hydrogens is 334 g/mol. The first kappa shape index (κ1) is 17.5. The third kappa shape index (κ3) is 4.12.